The molecule has 8 heteroatoms. The first-order valence-corrected chi connectivity index (χ1v) is 9.68. The summed E-state index contributed by atoms with van der Waals surface area (Å²) < 4.78 is 32.0. The molecule has 0 heterocycles. The van der Waals surface area contributed by atoms with Crippen molar-refractivity contribution in [1.82, 2.24) is 10.0 Å². The number of carbonyl (C=O) groups excluding carboxylic acids is 2. The Labute approximate surface area is 149 Å². The first-order valence-electron chi connectivity index (χ1n) is 8.20. The molecule has 140 valence electrons. The fraction of sp³-hybridized carbons (Fsp3) is 0.529. The zero-order chi connectivity index (χ0) is 19.2. The first-order chi connectivity index (χ1) is 11.6. The maximum atomic E-state index is 12.2. The van der Waals surface area contributed by atoms with E-state index in [-0.39, 0.29) is 28.4 Å². The van der Waals surface area contributed by atoms with E-state index >= 15 is 0 Å². The van der Waals surface area contributed by atoms with Crippen LogP contribution < -0.4 is 10.0 Å². The normalized spacial score (nSPS) is 14.0. The predicted octanol–water partition coefficient (Wildman–Crippen LogP) is 1.83. The molecule has 0 aliphatic carbocycles. The fourth-order valence-corrected chi connectivity index (χ4v) is 3.20. The Bertz CT molecular complexity index is 698. The molecule has 0 aliphatic rings. The number of esters is 1. The van der Waals surface area contributed by atoms with Gasteiger partial charge in [-0.1, -0.05) is 6.92 Å². The van der Waals surface area contributed by atoms with E-state index in [9.17, 15) is 18.0 Å². The number of carbonyl (C=O) groups is 2. The SMILES string of the molecule is CC[C@H](C)NS(=O)(=O)c1ccc(C(=O)O[C@H](C)C(=O)NC(C)C)cc1. The second-order valence-electron chi connectivity index (χ2n) is 6.17. The lowest BCUT2D eigenvalue weighted by Gasteiger charge is -2.15. The quantitative estimate of drug-likeness (QED) is 0.680. The average molecular weight is 370 g/mol. The number of hydrogen-bond acceptors (Lipinski definition) is 5. The van der Waals surface area contributed by atoms with Crippen LogP contribution in [-0.4, -0.2) is 38.5 Å². The molecule has 1 amide bonds. The van der Waals surface area contributed by atoms with Gasteiger partial charge in [0.2, 0.25) is 10.0 Å². The Kier molecular flexibility index (Phi) is 7.57. The number of nitrogens with one attached hydrogen (secondary N) is 2. The van der Waals surface area contributed by atoms with E-state index in [1.54, 1.807) is 20.8 Å². The molecule has 7 nitrogen and oxygen atoms in total. The van der Waals surface area contributed by atoms with E-state index in [2.05, 4.69) is 10.0 Å². The van der Waals surface area contributed by atoms with E-state index in [1.807, 2.05) is 6.92 Å². The standard InChI is InChI=1S/C17H26N2O5S/c1-6-12(4)19-25(22,23)15-9-7-14(8-10-15)17(21)24-13(5)16(20)18-11(2)3/h7-13,19H,6H2,1-5H3,(H,18,20)/t12-,13+/m0/s1. The molecule has 0 spiro atoms. The topological polar surface area (TPSA) is 102 Å². The second-order valence-corrected chi connectivity index (χ2v) is 7.88. The van der Waals surface area contributed by atoms with Gasteiger partial charge in [-0.15, -0.1) is 0 Å². The third-order valence-corrected chi connectivity index (χ3v) is 5.06. The molecule has 0 fully saturated rings. The van der Waals surface area contributed by atoms with E-state index < -0.39 is 22.1 Å². The van der Waals surface area contributed by atoms with Crippen molar-refractivity contribution in [3.05, 3.63) is 29.8 Å². The summed E-state index contributed by atoms with van der Waals surface area (Å²) in [6.45, 7) is 8.73. The summed E-state index contributed by atoms with van der Waals surface area (Å²) in [5.41, 5.74) is 0.173. The Morgan fingerprint density at radius 1 is 1.08 bits per heavy atom. The summed E-state index contributed by atoms with van der Waals surface area (Å²) >= 11 is 0. The highest BCUT2D eigenvalue weighted by Gasteiger charge is 2.21. The van der Waals surface area contributed by atoms with E-state index in [0.717, 1.165) is 0 Å². The summed E-state index contributed by atoms with van der Waals surface area (Å²) in [4.78, 5) is 23.9. The molecule has 0 aliphatic heterocycles. The Balaban J connectivity index is 2.79. The summed E-state index contributed by atoms with van der Waals surface area (Å²) in [6.07, 6.45) is -0.273. The third-order valence-electron chi connectivity index (χ3n) is 3.45. The average Bonchev–Trinajstić information content (AvgIpc) is 2.53. The molecular formula is C17H26N2O5S. The smallest absolute Gasteiger partial charge is 0.338 e. The van der Waals surface area contributed by atoms with Crippen molar-refractivity contribution >= 4 is 21.9 Å². The molecule has 0 unspecified atom stereocenters. The zero-order valence-corrected chi connectivity index (χ0v) is 16.0. The van der Waals surface area contributed by atoms with Crippen molar-refractivity contribution in [3.63, 3.8) is 0 Å². The summed E-state index contributed by atoms with van der Waals surface area (Å²) in [6, 6.07) is 5.15. The lowest BCUT2D eigenvalue weighted by molar-refractivity contribution is -0.129. The van der Waals surface area contributed by atoms with E-state index in [4.69, 9.17) is 4.74 Å². The highest BCUT2D eigenvalue weighted by atomic mass is 32.2. The number of rotatable bonds is 8. The van der Waals surface area contributed by atoms with Gasteiger partial charge < -0.3 is 10.1 Å². The molecule has 2 atom stereocenters. The summed E-state index contributed by atoms with van der Waals surface area (Å²) in [5, 5.41) is 2.65. The van der Waals surface area contributed by atoms with Gasteiger partial charge in [-0.05, 0) is 58.4 Å². The van der Waals surface area contributed by atoms with Gasteiger partial charge in [-0.2, -0.15) is 0 Å². The predicted molar refractivity (Wildman–Crippen MR) is 94.7 cm³/mol. The fourth-order valence-electron chi connectivity index (χ4n) is 1.87. The van der Waals surface area contributed by atoms with Crippen LogP contribution in [0.25, 0.3) is 0 Å². The van der Waals surface area contributed by atoms with Gasteiger partial charge in [0.1, 0.15) is 0 Å². The van der Waals surface area contributed by atoms with Crippen LogP contribution in [0.2, 0.25) is 0 Å². The highest BCUT2D eigenvalue weighted by Crippen LogP contribution is 2.13. The van der Waals surface area contributed by atoms with Gasteiger partial charge in [-0.3, -0.25) is 4.79 Å². The lowest BCUT2D eigenvalue weighted by Crippen LogP contribution is -2.39. The maximum absolute atomic E-state index is 12.2. The Morgan fingerprint density at radius 3 is 2.12 bits per heavy atom. The van der Waals surface area contributed by atoms with Crippen LogP contribution in [0.15, 0.2) is 29.2 Å². The Hall–Kier alpha value is -1.93. The minimum atomic E-state index is -3.63. The largest absolute Gasteiger partial charge is 0.449 e. The van der Waals surface area contributed by atoms with Crippen molar-refractivity contribution < 1.29 is 22.7 Å². The number of amides is 1. The molecule has 25 heavy (non-hydrogen) atoms. The molecule has 1 aromatic rings. The van der Waals surface area contributed by atoms with Gasteiger partial charge in [0.05, 0.1) is 10.5 Å². The van der Waals surface area contributed by atoms with Crippen LogP contribution in [0.4, 0.5) is 0 Å². The number of sulfonamides is 1. The zero-order valence-electron chi connectivity index (χ0n) is 15.2. The minimum Gasteiger partial charge on any atom is -0.449 e. The number of hydrogen-bond donors (Lipinski definition) is 2. The monoisotopic (exact) mass is 370 g/mol. The summed E-state index contributed by atoms with van der Waals surface area (Å²) in [7, 11) is -3.63. The van der Waals surface area contributed by atoms with Gasteiger partial charge >= 0.3 is 5.97 Å². The summed E-state index contributed by atoms with van der Waals surface area (Å²) in [5.74, 6) is -1.08. The lowest BCUT2D eigenvalue weighted by atomic mass is 10.2. The van der Waals surface area contributed by atoms with Crippen molar-refractivity contribution in [1.29, 1.82) is 0 Å². The minimum absolute atomic E-state index is 0.0591. The third kappa shape index (κ3) is 6.47. The van der Waals surface area contributed by atoms with Crippen LogP contribution in [0, 0.1) is 0 Å². The molecule has 0 bridgehead atoms. The Morgan fingerprint density at radius 2 is 1.64 bits per heavy atom. The number of ether oxygens (including phenoxy) is 1. The van der Waals surface area contributed by atoms with Crippen LogP contribution in [0.3, 0.4) is 0 Å². The van der Waals surface area contributed by atoms with Gasteiger partial charge in [0, 0.05) is 12.1 Å². The highest BCUT2D eigenvalue weighted by molar-refractivity contribution is 7.89. The maximum Gasteiger partial charge on any atom is 0.338 e. The molecule has 0 radical (unpaired) electrons. The number of benzene rings is 1. The molecule has 0 saturated heterocycles. The van der Waals surface area contributed by atoms with E-state index in [0.29, 0.717) is 6.42 Å². The van der Waals surface area contributed by atoms with Crippen molar-refractivity contribution in [2.24, 2.45) is 0 Å². The van der Waals surface area contributed by atoms with E-state index in [1.165, 1.54) is 31.2 Å². The van der Waals surface area contributed by atoms with Gasteiger partial charge in [0.15, 0.2) is 6.10 Å². The first kappa shape index (κ1) is 21.1. The molecule has 0 aromatic heterocycles. The molecule has 0 saturated carbocycles. The van der Waals surface area contributed by atoms with Gasteiger partial charge in [-0.25, -0.2) is 17.9 Å². The molecule has 2 N–H and O–H groups in total. The van der Waals surface area contributed by atoms with Gasteiger partial charge in [0.25, 0.3) is 5.91 Å². The van der Waals surface area contributed by atoms with Crippen molar-refractivity contribution in [3.8, 4) is 0 Å². The van der Waals surface area contributed by atoms with Crippen LogP contribution in [0.5, 0.6) is 0 Å². The van der Waals surface area contributed by atoms with Crippen LogP contribution in [-0.2, 0) is 19.6 Å². The molecule has 1 rings (SSSR count). The molecular weight excluding hydrogens is 344 g/mol. The van der Waals surface area contributed by atoms with Crippen LogP contribution >= 0.6 is 0 Å². The second kappa shape index (κ2) is 8.96. The van der Waals surface area contributed by atoms with Crippen molar-refractivity contribution in [2.75, 3.05) is 0 Å². The molecule has 1 aromatic carbocycles. The van der Waals surface area contributed by atoms with Crippen molar-refractivity contribution in [2.45, 2.75) is 64.1 Å². The van der Waals surface area contributed by atoms with Crippen LogP contribution in [0.1, 0.15) is 51.4 Å².